The van der Waals surface area contributed by atoms with E-state index >= 15 is 0 Å². The Morgan fingerprint density at radius 1 is 1.57 bits per heavy atom. The van der Waals surface area contributed by atoms with Gasteiger partial charge in [-0.25, -0.2) is 0 Å². The number of hydrazine groups is 1. The summed E-state index contributed by atoms with van der Waals surface area (Å²) < 4.78 is 0. The summed E-state index contributed by atoms with van der Waals surface area (Å²) in [5.41, 5.74) is 2.54. The van der Waals surface area contributed by atoms with Crippen molar-refractivity contribution in [2.45, 2.75) is 18.9 Å². The van der Waals surface area contributed by atoms with Crippen LogP contribution in [0.1, 0.15) is 12.8 Å². The van der Waals surface area contributed by atoms with Crippen LogP contribution in [0.25, 0.3) is 0 Å². The van der Waals surface area contributed by atoms with Crippen molar-refractivity contribution in [1.29, 1.82) is 5.41 Å². The fraction of sp³-hybridized carbons (Fsp3) is 0.750. The van der Waals surface area contributed by atoms with Crippen molar-refractivity contribution >= 4 is 12.4 Å². The Bertz CT molecular complexity index is 202. The van der Waals surface area contributed by atoms with E-state index in [2.05, 4.69) is 16.1 Å². The lowest BCUT2D eigenvalue weighted by Crippen LogP contribution is -2.55. The number of carbonyl (C=O) groups excluding carboxylic acids is 1. The molecule has 1 amide bonds. The molecule has 0 aromatic rings. The Morgan fingerprint density at radius 2 is 2.21 bits per heavy atom. The van der Waals surface area contributed by atoms with Crippen LogP contribution in [0.2, 0.25) is 0 Å². The lowest BCUT2D eigenvalue weighted by atomic mass is 10.1. The van der Waals surface area contributed by atoms with E-state index in [0.29, 0.717) is 6.41 Å². The fourth-order valence-electron chi connectivity index (χ4n) is 1.59. The Kier molecular flexibility index (Phi) is 4.18. The van der Waals surface area contributed by atoms with Crippen molar-refractivity contribution < 1.29 is 4.79 Å². The molecule has 0 atom stereocenters. The highest BCUT2D eigenvalue weighted by molar-refractivity contribution is 5.77. The van der Waals surface area contributed by atoms with Crippen molar-refractivity contribution in [3.63, 3.8) is 0 Å². The van der Waals surface area contributed by atoms with E-state index in [-0.39, 0.29) is 12.0 Å². The predicted octanol–water partition coefficient (Wildman–Crippen LogP) is -1.14. The molecule has 1 heterocycles. The van der Waals surface area contributed by atoms with Gasteiger partial charge in [-0.3, -0.25) is 20.6 Å². The fourth-order valence-corrected chi connectivity index (χ4v) is 1.59. The molecule has 0 aromatic heterocycles. The van der Waals surface area contributed by atoms with Gasteiger partial charge in [0, 0.05) is 7.05 Å². The summed E-state index contributed by atoms with van der Waals surface area (Å²) in [4.78, 5) is 10.4. The van der Waals surface area contributed by atoms with Crippen molar-refractivity contribution in [2.75, 3.05) is 20.1 Å². The number of nitrogens with one attached hydrogen (secondary N) is 4. The summed E-state index contributed by atoms with van der Waals surface area (Å²) in [5.74, 6) is 0.226. The number of rotatable bonds is 3. The molecule has 0 aromatic carbocycles. The van der Waals surface area contributed by atoms with Crippen molar-refractivity contribution in [1.82, 2.24) is 21.1 Å². The van der Waals surface area contributed by atoms with Crippen LogP contribution in [0.4, 0.5) is 0 Å². The minimum atomic E-state index is 0.210. The summed E-state index contributed by atoms with van der Waals surface area (Å²) in [6.45, 7) is 1.86. The average molecular weight is 199 g/mol. The molecule has 0 unspecified atom stereocenters. The quantitative estimate of drug-likeness (QED) is 0.200. The standard InChI is InChI=1S/C8H17N5O/c1-10-8(9)13(12-6-14)7-2-4-11-5-3-7/h6-7,11H,2-5H2,1H3,(H2,9,10)(H,12,14). The highest BCUT2D eigenvalue weighted by atomic mass is 16.1. The largest absolute Gasteiger partial charge is 0.358 e. The van der Waals surface area contributed by atoms with Crippen LogP contribution in [0.5, 0.6) is 0 Å². The lowest BCUT2D eigenvalue weighted by molar-refractivity contribution is -0.113. The topological polar surface area (TPSA) is 80.2 Å². The van der Waals surface area contributed by atoms with Crippen LogP contribution < -0.4 is 16.1 Å². The van der Waals surface area contributed by atoms with E-state index in [0.717, 1.165) is 25.9 Å². The third kappa shape index (κ3) is 2.59. The van der Waals surface area contributed by atoms with E-state index in [9.17, 15) is 4.79 Å². The maximum absolute atomic E-state index is 10.4. The highest BCUT2D eigenvalue weighted by Crippen LogP contribution is 2.08. The minimum absolute atomic E-state index is 0.210. The van der Waals surface area contributed by atoms with Crippen LogP contribution in [0, 0.1) is 5.41 Å². The molecule has 6 heteroatoms. The molecule has 1 fully saturated rings. The molecule has 0 saturated carbocycles. The van der Waals surface area contributed by atoms with E-state index in [1.165, 1.54) is 0 Å². The number of hydrogen-bond donors (Lipinski definition) is 4. The van der Waals surface area contributed by atoms with E-state index in [1.54, 1.807) is 12.1 Å². The zero-order chi connectivity index (χ0) is 10.4. The van der Waals surface area contributed by atoms with Gasteiger partial charge in [-0.2, -0.15) is 0 Å². The summed E-state index contributed by atoms with van der Waals surface area (Å²) in [7, 11) is 1.67. The number of nitrogens with zero attached hydrogens (tertiary/aromatic N) is 1. The van der Waals surface area contributed by atoms with Crippen molar-refractivity contribution in [2.24, 2.45) is 0 Å². The minimum Gasteiger partial charge on any atom is -0.358 e. The van der Waals surface area contributed by atoms with Crippen molar-refractivity contribution in [3.05, 3.63) is 0 Å². The molecule has 1 rings (SSSR count). The molecule has 6 nitrogen and oxygen atoms in total. The van der Waals surface area contributed by atoms with E-state index < -0.39 is 0 Å². The maximum atomic E-state index is 10.4. The number of hydrogen-bond acceptors (Lipinski definition) is 3. The van der Waals surface area contributed by atoms with Gasteiger partial charge in [-0.05, 0) is 25.9 Å². The first kappa shape index (κ1) is 10.8. The number of piperidine rings is 1. The van der Waals surface area contributed by atoms with Gasteiger partial charge in [0.1, 0.15) is 0 Å². The third-order valence-electron chi connectivity index (χ3n) is 2.34. The molecule has 14 heavy (non-hydrogen) atoms. The predicted molar refractivity (Wildman–Crippen MR) is 53.7 cm³/mol. The maximum Gasteiger partial charge on any atom is 0.225 e. The van der Waals surface area contributed by atoms with Crippen LogP contribution >= 0.6 is 0 Å². The monoisotopic (exact) mass is 199 g/mol. The summed E-state index contributed by atoms with van der Waals surface area (Å²) in [6, 6.07) is 0.210. The van der Waals surface area contributed by atoms with Crippen LogP contribution in [0.15, 0.2) is 0 Å². The van der Waals surface area contributed by atoms with Crippen LogP contribution in [-0.2, 0) is 4.79 Å². The molecule has 0 aliphatic carbocycles. The normalized spacial score (nSPS) is 17.2. The van der Waals surface area contributed by atoms with Crippen molar-refractivity contribution in [3.8, 4) is 0 Å². The Labute approximate surface area is 83.5 Å². The van der Waals surface area contributed by atoms with E-state index in [1.807, 2.05) is 0 Å². The summed E-state index contributed by atoms with van der Waals surface area (Å²) in [6.07, 6.45) is 2.48. The van der Waals surface area contributed by atoms with Gasteiger partial charge in [0.2, 0.25) is 12.4 Å². The van der Waals surface area contributed by atoms with Gasteiger partial charge in [-0.1, -0.05) is 0 Å². The molecule has 0 radical (unpaired) electrons. The number of guanidine groups is 1. The molecule has 0 spiro atoms. The van der Waals surface area contributed by atoms with Crippen LogP contribution in [-0.4, -0.2) is 43.6 Å². The second kappa shape index (κ2) is 5.43. The average Bonchev–Trinajstić information content (AvgIpc) is 2.26. The number of carbonyl (C=O) groups is 1. The van der Waals surface area contributed by atoms with Gasteiger partial charge in [-0.15, -0.1) is 0 Å². The third-order valence-corrected chi connectivity index (χ3v) is 2.34. The van der Waals surface area contributed by atoms with Gasteiger partial charge < -0.3 is 10.6 Å². The Morgan fingerprint density at radius 3 is 2.71 bits per heavy atom. The zero-order valence-electron chi connectivity index (χ0n) is 8.34. The summed E-state index contributed by atoms with van der Waals surface area (Å²) >= 11 is 0. The summed E-state index contributed by atoms with van der Waals surface area (Å²) in [5, 5.41) is 15.1. The molecule has 1 aliphatic rings. The first-order valence-corrected chi connectivity index (χ1v) is 4.75. The molecule has 1 aliphatic heterocycles. The smallest absolute Gasteiger partial charge is 0.225 e. The Hall–Kier alpha value is -1.30. The first-order chi connectivity index (χ1) is 6.79. The van der Waals surface area contributed by atoms with Gasteiger partial charge in [0.05, 0.1) is 6.04 Å². The second-order valence-electron chi connectivity index (χ2n) is 3.20. The first-order valence-electron chi connectivity index (χ1n) is 4.75. The lowest BCUT2D eigenvalue weighted by Gasteiger charge is -2.34. The molecular weight excluding hydrogens is 182 g/mol. The molecule has 4 N–H and O–H groups in total. The zero-order valence-corrected chi connectivity index (χ0v) is 8.34. The second-order valence-corrected chi connectivity index (χ2v) is 3.20. The Balaban J connectivity index is 2.55. The van der Waals surface area contributed by atoms with Gasteiger partial charge in [0.25, 0.3) is 0 Å². The molecular formula is C8H17N5O. The molecule has 80 valence electrons. The molecule has 0 bridgehead atoms. The van der Waals surface area contributed by atoms with Crippen LogP contribution in [0.3, 0.4) is 0 Å². The van der Waals surface area contributed by atoms with Gasteiger partial charge >= 0.3 is 0 Å². The SMILES string of the molecule is CNC(=N)N(NC=O)C1CCNCC1. The number of amides is 1. The van der Waals surface area contributed by atoms with Gasteiger partial charge in [0.15, 0.2) is 0 Å². The molecule has 1 saturated heterocycles. The highest BCUT2D eigenvalue weighted by Gasteiger charge is 2.22. The van der Waals surface area contributed by atoms with E-state index in [4.69, 9.17) is 5.41 Å².